The molecule has 1 aromatic rings. The third-order valence-corrected chi connectivity index (χ3v) is 1.94. The summed E-state index contributed by atoms with van der Waals surface area (Å²) in [5.74, 6) is -0.465. The van der Waals surface area contributed by atoms with Gasteiger partial charge in [0, 0.05) is 17.4 Å². The quantitative estimate of drug-likeness (QED) is 0.578. The van der Waals surface area contributed by atoms with Crippen molar-refractivity contribution in [1.29, 1.82) is 0 Å². The fraction of sp³-hybridized carbons (Fsp3) is 0.300. The number of carbonyl (C=O) groups excluding carboxylic acids is 1. The number of halogens is 1. The van der Waals surface area contributed by atoms with Gasteiger partial charge in [-0.15, -0.1) is 0 Å². The third-order valence-electron chi connectivity index (χ3n) is 1.70. The molecule has 3 nitrogen and oxygen atoms in total. The fourth-order valence-electron chi connectivity index (χ4n) is 1.02. The van der Waals surface area contributed by atoms with Crippen molar-refractivity contribution in [2.45, 2.75) is 13.3 Å². The van der Waals surface area contributed by atoms with Crippen LogP contribution in [0.3, 0.4) is 0 Å². The summed E-state index contributed by atoms with van der Waals surface area (Å²) in [7, 11) is 0. The number of aliphatic carboxylic acids is 1. The van der Waals surface area contributed by atoms with E-state index in [9.17, 15) is 9.90 Å². The van der Waals surface area contributed by atoms with E-state index < -0.39 is 5.97 Å². The average Bonchev–Trinajstić information content (AvgIpc) is 2.08. The van der Waals surface area contributed by atoms with Gasteiger partial charge in [0.05, 0.1) is 6.61 Å². The normalized spacial score (nSPS) is 9.20. The molecule has 15 heavy (non-hydrogen) atoms. The maximum absolute atomic E-state index is 10.1. The number of aryl methyl sites for hydroxylation is 1. The molecule has 0 unspecified atom stereocenters. The molecular formula is C10H10ClNaO3. The maximum Gasteiger partial charge on any atom is 1.00 e. The summed E-state index contributed by atoms with van der Waals surface area (Å²) in [4.78, 5) is 10.1. The SMILES string of the molecule is Cc1cc(Cl)ccc1OCCC(=O)[O-].[Na+]. The molecule has 0 aromatic heterocycles. The summed E-state index contributed by atoms with van der Waals surface area (Å²) in [6.45, 7) is 1.96. The van der Waals surface area contributed by atoms with Crippen molar-refractivity contribution in [1.82, 2.24) is 0 Å². The number of carboxylic acid groups (broad SMARTS) is 1. The number of benzene rings is 1. The first-order valence-corrected chi connectivity index (χ1v) is 4.56. The smallest absolute Gasteiger partial charge is 0.550 e. The largest absolute Gasteiger partial charge is 1.00 e. The van der Waals surface area contributed by atoms with E-state index in [2.05, 4.69) is 0 Å². The molecule has 0 atom stereocenters. The second-order valence-electron chi connectivity index (χ2n) is 2.88. The molecule has 5 heteroatoms. The number of ether oxygens (including phenoxy) is 1. The summed E-state index contributed by atoms with van der Waals surface area (Å²) in [5, 5.41) is 10.8. The van der Waals surface area contributed by atoms with Crippen molar-refractivity contribution in [2.24, 2.45) is 0 Å². The Balaban J connectivity index is 0.00000196. The molecule has 0 saturated carbocycles. The monoisotopic (exact) mass is 236 g/mol. The Hall–Kier alpha value is -0.220. The molecule has 0 saturated heterocycles. The zero-order valence-electron chi connectivity index (χ0n) is 8.75. The molecule has 0 N–H and O–H groups in total. The summed E-state index contributed by atoms with van der Waals surface area (Å²) >= 11 is 5.74. The van der Waals surface area contributed by atoms with E-state index in [1.807, 2.05) is 6.92 Å². The van der Waals surface area contributed by atoms with Gasteiger partial charge < -0.3 is 14.6 Å². The first-order valence-electron chi connectivity index (χ1n) is 4.18. The molecular weight excluding hydrogens is 227 g/mol. The molecule has 0 fully saturated rings. The van der Waals surface area contributed by atoms with E-state index in [4.69, 9.17) is 16.3 Å². The van der Waals surface area contributed by atoms with Gasteiger partial charge in [-0.3, -0.25) is 0 Å². The van der Waals surface area contributed by atoms with Gasteiger partial charge in [-0.25, -0.2) is 0 Å². The molecule has 0 amide bonds. The number of carbonyl (C=O) groups is 1. The van der Waals surface area contributed by atoms with Crippen LogP contribution in [0, 0.1) is 6.92 Å². The Morgan fingerprint density at radius 2 is 2.20 bits per heavy atom. The molecule has 0 bridgehead atoms. The van der Waals surface area contributed by atoms with Gasteiger partial charge in [-0.1, -0.05) is 11.6 Å². The Labute approximate surface area is 116 Å². The van der Waals surface area contributed by atoms with E-state index in [1.165, 1.54) is 0 Å². The zero-order chi connectivity index (χ0) is 10.6. The summed E-state index contributed by atoms with van der Waals surface area (Å²) in [6.07, 6.45) is -0.109. The van der Waals surface area contributed by atoms with Gasteiger partial charge in [-0.05, 0) is 30.7 Å². The van der Waals surface area contributed by atoms with E-state index >= 15 is 0 Å². The van der Waals surface area contributed by atoms with Gasteiger partial charge >= 0.3 is 29.6 Å². The second kappa shape index (κ2) is 7.12. The Morgan fingerprint density at radius 1 is 1.53 bits per heavy atom. The molecule has 1 aromatic carbocycles. The minimum Gasteiger partial charge on any atom is -0.550 e. The van der Waals surface area contributed by atoms with E-state index in [0.29, 0.717) is 10.8 Å². The molecule has 0 aliphatic rings. The molecule has 0 spiro atoms. The summed E-state index contributed by atoms with van der Waals surface area (Å²) < 4.78 is 5.22. The maximum atomic E-state index is 10.1. The third kappa shape index (κ3) is 5.42. The van der Waals surface area contributed by atoms with E-state index in [0.717, 1.165) is 5.56 Å². The van der Waals surface area contributed by atoms with Crippen LogP contribution in [0.25, 0.3) is 0 Å². The minimum atomic E-state index is -1.11. The van der Waals surface area contributed by atoms with Crippen molar-refractivity contribution in [3.05, 3.63) is 28.8 Å². The first-order chi connectivity index (χ1) is 6.59. The van der Waals surface area contributed by atoms with E-state index in [-0.39, 0.29) is 42.6 Å². The number of rotatable bonds is 4. The first kappa shape index (κ1) is 14.8. The molecule has 1 rings (SSSR count). The molecule has 0 radical (unpaired) electrons. The van der Waals surface area contributed by atoms with Crippen LogP contribution >= 0.6 is 11.6 Å². The van der Waals surface area contributed by atoms with Gasteiger partial charge in [-0.2, -0.15) is 0 Å². The predicted molar refractivity (Wildman–Crippen MR) is 51.3 cm³/mol. The fourth-order valence-corrected chi connectivity index (χ4v) is 1.25. The second-order valence-corrected chi connectivity index (χ2v) is 3.32. The van der Waals surface area contributed by atoms with Crippen molar-refractivity contribution >= 4 is 17.6 Å². The van der Waals surface area contributed by atoms with Gasteiger partial charge in [0.2, 0.25) is 0 Å². The van der Waals surface area contributed by atoms with Crippen LogP contribution in [0.1, 0.15) is 12.0 Å². The average molecular weight is 237 g/mol. The van der Waals surface area contributed by atoms with Crippen LogP contribution in [-0.4, -0.2) is 12.6 Å². The van der Waals surface area contributed by atoms with Crippen molar-refractivity contribution in [3.63, 3.8) is 0 Å². The van der Waals surface area contributed by atoms with Gasteiger partial charge in [0.1, 0.15) is 5.75 Å². The Bertz CT molecular complexity index is 341. The van der Waals surface area contributed by atoms with Gasteiger partial charge in [0.15, 0.2) is 0 Å². The van der Waals surface area contributed by atoms with Crippen LogP contribution in [0.2, 0.25) is 5.02 Å². The summed E-state index contributed by atoms with van der Waals surface area (Å²) in [6, 6.07) is 5.17. The predicted octanol–water partition coefficient (Wildman–Crippen LogP) is -1.83. The zero-order valence-corrected chi connectivity index (χ0v) is 11.5. The number of hydrogen-bond acceptors (Lipinski definition) is 3. The summed E-state index contributed by atoms with van der Waals surface area (Å²) in [5.41, 5.74) is 0.885. The van der Waals surface area contributed by atoms with Crippen LogP contribution in [0.4, 0.5) is 0 Å². The van der Waals surface area contributed by atoms with Crippen molar-refractivity contribution in [3.8, 4) is 5.75 Å². The Morgan fingerprint density at radius 3 is 2.73 bits per heavy atom. The molecule has 0 aliphatic carbocycles. The van der Waals surface area contributed by atoms with Crippen molar-refractivity contribution < 1.29 is 44.2 Å². The molecule has 0 aliphatic heterocycles. The standard InChI is InChI=1S/C10H11ClO3.Na/c1-7-6-8(11)2-3-9(7)14-5-4-10(12)13;/h2-3,6H,4-5H2,1H3,(H,12,13);/q;+1/p-1. The van der Waals surface area contributed by atoms with Crippen molar-refractivity contribution in [2.75, 3.05) is 6.61 Å². The van der Waals surface area contributed by atoms with Crippen LogP contribution < -0.4 is 39.4 Å². The topological polar surface area (TPSA) is 49.4 Å². The number of carboxylic acids is 1. The molecule has 76 valence electrons. The minimum absolute atomic E-state index is 0. The van der Waals surface area contributed by atoms with Crippen LogP contribution in [0.5, 0.6) is 5.75 Å². The van der Waals surface area contributed by atoms with Gasteiger partial charge in [0.25, 0.3) is 0 Å². The molecule has 0 heterocycles. The van der Waals surface area contributed by atoms with Crippen LogP contribution in [0.15, 0.2) is 18.2 Å². The van der Waals surface area contributed by atoms with Crippen LogP contribution in [-0.2, 0) is 4.79 Å². The number of hydrogen-bond donors (Lipinski definition) is 0. The Kier molecular flexibility index (Phi) is 7.02. The van der Waals surface area contributed by atoms with E-state index in [1.54, 1.807) is 18.2 Å².